The van der Waals surface area contributed by atoms with Crippen LogP contribution in [0.4, 0.5) is 11.5 Å². The van der Waals surface area contributed by atoms with Gasteiger partial charge in [-0.25, -0.2) is 0 Å². The predicted molar refractivity (Wildman–Crippen MR) is 64.3 cm³/mol. The third-order valence-corrected chi connectivity index (χ3v) is 3.49. The van der Waals surface area contributed by atoms with Gasteiger partial charge in [-0.15, -0.1) is 0 Å². The number of aromatic nitrogens is 2. The fourth-order valence-corrected chi connectivity index (χ4v) is 2.18. The molecule has 1 aromatic heterocycles. The minimum Gasteiger partial charge on any atom is -0.394 e. The Morgan fingerprint density at radius 3 is 2.62 bits per heavy atom. The number of aliphatic hydroxyl groups is 1. The first-order chi connectivity index (χ1) is 7.62. The Morgan fingerprint density at radius 2 is 2.25 bits per heavy atom. The molecule has 0 bridgehead atoms. The highest BCUT2D eigenvalue weighted by atomic mass is 16.3. The van der Waals surface area contributed by atoms with Gasteiger partial charge in [-0.1, -0.05) is 6.92 Å². The van der Waals surface area contributed by atoms with Crippen molar-refractivity contribution in [2.24, 2.45) is 7.05 Å². The first kappa shape index (κ1) is 11.3. The molecule has 0 unspecified atom stereocenters. The van der Waals surface area contributed by atoms with Crippen LogP contribution in [0.2, 0.25) is 0 Å². The number of nitrogens with zero attached hydrogens (tertiary/aromatic N) is 2. The van der Waals surface area contributed by atoms with Gasteiger partial charge in [0, 0.05) is 7.05 Å². The van der Waals surface area contributed by atoms with E-state index >= 15 is 0 Å². The van der Waals surface area contributed by atoms with Crippen LogP contribution < -0.4 is 11.1 Å². The maximum Gasteiger partial charge on any atom is 0.148 e. The molecule has 0 aromatic carbocycles. The molecule has 1 fully saturated rings. The quantitative estimate of drug-likeness (QED) is 0.710. The molecule has 0 radical (unpaired) electrons. The van der Waals surface area contributed by atoms with E-state index in [1.54, 1.807) is 4.68 Å². The first-order valence-electron chi connectivity index (χ1n) is 5.82. The van der Waals surface area contributed by atoms with Crippen molar-refractivity contribution in [3.8, 4) is 0 Å². The van der Waals surface area contributed by atoms with Crippen LogP contribution in [0.25, 0.3) is 0 Å². The van der Waals surface area contributed by atoms with E-state index in [1.165, 1.54) is 0 Å². The molecular formula is C11H20N4O. The van der Waals surface area contributed by atoms with Crippen molar-refractivity contribution < 1.29 is 5.11 Å². The molecule has 5 heteroatoms. The number of aliphatic hydroxyl groups excluding tert-OH is 1. The van der Waals surface area contributed by atoms with Gasteiger partial charge in [0.15, 0.2) is 0 Å². The summed E-state index contributed by atoms with van der Waals surface area (Å²) in [4.78, 5) is 0. The lowest BCUT2D eigenvalue weighted by Gasteiger charge is -2.41. The molecule has 1 heterocycles. The Hall–Kier alpha value is -1.23. The summed E-state index contributed by atoms with van der Waals surface area (Å²) in [5.41, 5.74) is 7.48. The van der Waals surface area contributed by atoms with Gasteiger partial charge in [-0.2, -0.15) is 5.10 Å². The molecule has 90 valence electrons. The Labute approximate surface area is 95.6 Å². The van der Waals surface area contributed by atoms with E-state index in [9.17, 15) is 5.11 Å². The summed E-state index contributed by atoms with van der Waals surface area (Å²) in [6.07, 6.45) is 3.98. The van der Waals surface area contributed by atoms with Crippen molar-refractivity contribution in [3.05, 3.63) is 5.69 Å². The van der Waals surface area contributed by atoms with Crippen molar-refractivity contribution in [3.63, 3.8) is 0 Å². The van der Waals surface area contributed by atoms with Gasteiger partial charge in [0.2, 0.25) is 0 Å². The summed E-state index contributed by atoms with van der Waals surface area (Å²) in [5, 5.41) is 17.1. The highest BCUT2D eigenvalue weighted by Crippen LogP contribution is 2.36. The number of rotatable bonds is 4. The Balaban J connectivity index is 2.23. The Morgan fingerprint density at radius 1 is 1.56 bits per heavy atom. The minimum absolute atomic E-state index is 0.152. The predicted octanol–water partition coefficient (Wildman–Crippen LogP) is 0.892. The number of nitrogens with one attached hydrogen (secondary N) is 1. The second-order valence-electron chi connectivity index (χ2n) is 4.60. The van der Waals surface area contributed by atoms with Gasteiger partial charge in [0.05, 0.1) is 23.5 Å². The van der Waals surface area contributed by atoms with Crippen LogP contribution in [0.3, 0.4) is 0 Å². The Kier molecular flexibility index (Phi) is 2.80. The third kappa shape index (κ3) is 1.65. The molecule has 0 aliphatic heterocycles. The van der Waals surface area contributed by atoms with Gasteiger partial charge in [-0.05, 0) is 25.7 Å². The number of hydrogen-bond donors (Lipinski definition) is 3. The van der Waals surface area contributed by atoms with E-state index in [0.29, 0.717) is 5.69 Å². The SMILES string of the molecule is CCc1nn(C)c(NC2(CO)CCC2)c1N. The minimum atomic E-state index is -0.174. The zero-order chi connectivity index (χ0) is 11.8. The van der Waals surface area contributed by atoms with E-state index in [4.69, 9.17) is 5.73 Å². The number of aryl methyl sites for hydroxylation is 2. The Bertz CT molecular complexity index is 376. The summed E-state index contributed by atoms with van der Waals surface area (Å²) >= 11 is 0. The first-order valence-corrected chi connectivity index (χ1v) is 5.82. The maximum atomic E-state index is 9.41. The standard InChI is InChI=1S/C11H20N4O/c1-3-8-9(12)10(15(2)14-8)13-11(7-16)5-4-6-11/h13,16H,3-7,12H2,1-2H3. The summed E-state index contributed by atoms with van der Waals surface area (Å²) in [6.45, 7) is 2.19. The molecule has 1 aliphatic rings. The smallest absolute Gasteiger partial charge is 0.148 e. The van der Waals surface area contributed by atoms with Crippen LogP contribution in [-0.2, 0) is 13.5 Å². The fraction of sp³-hybridized carbons (Fsp3) is 0.727. The molecule has 0 amide bonds. The lowest BCUT2D eigenvalue weighted by atomic mass is 9.77. The van der Waals surface area contributed by atoms with Crippen LogP contribution >= 0.6 is 0 Å². The van der Waals surface area contributed by atoms with Crippen LogP contribution in [-0.4, -0.2) is 27.0 Å². The third-order valence-electron chi connectivity index (χ3n) is 3.49. The average molecular weight is 224 g/mol. The molecule has 1 aromatic rings. The van der Waals surface area contributed by atoms with E-state index in [-0.39, 0.29) is 12.1 Å². The number of anilines is 2. The average Bonchev–Trinajstić information content (AvgIpc) is 2.49. The largest absolute Gasteiger partial charge is 0.394 e. The molecule has 0 atom stereocenters. The lowest BCUT2D eigenvalue weighted by molar-refractivity contribution is 0.143. The maximum absolute atomic E-state index is 9.41. The van der Waals surface area contributed by atoms with Crippen LogP contribution in [0.15, 0.2) is 0 Å². The van der Waals surface area contributed by atoms with Crippen molar-refractivity contribution in [1.29, 1.82) is 0 Å². The zero-order valence-corrected chi connectivity index (χ0v) is 9.95. The van der Waals surface area contributed by atoms with Gasteiger partial charge >= 0.3 is 0 Å². The van der Waals surface area contributed by atoms with Crippen molar-refractivity contribution >= 4 is 11.5 Å². The van der Waals surface area contributed by atoms with E-state index in [1.807, 2.05) is 14.0 Å². The lowest BCUT2D eigenvalue weighted by Crippen LogP contribution is -2.48. The van der Waals surface area contributed by atoms with Crippen LogP contribution in [0.5, 0.6) is 0 Å². The fourth-order valence-electron chi connectivity index (χ4n) is 2.18. The van der Waals surface area contributed by atoms with Crippen molar-refractivity contribution in [2.45, 2.75) is 38.1 Å². The number of hydrogen-bond acceptors (Lipinski definition) is 4. The monoisotopic (exact) mass is 224 g/mol. The molecule has 4 N–H and O–H groups in total. The van der Waals surface area contributed by atoms with Crippen LogP contribution in [0, 0.1) is 0 Å². The highest BCUT2D eigenvalue weighted by molar-refractivity contribution is 5.66. The van der Waals surface area contributed by atoms with Gasteiger partial charge in [-0.3, -0.25) is 4.68 Å². The van der Waals surface area contributed by atoms with E-state index in [2.05, 4.69) is 10.4 Å². The summed E-state index contributed by atoms with van der Waals surface area (Å²) in [5.74, 6) is 0.839. The highest BCUT2D eigenvalue weighted by Gasteiger charge is 2.37. The van der Waals surface area contributed by atoms with Gasteiger partial charge in [0.25, 0.3) is 0 Å². The zero-order valence-electron chi connectivity index (χ0n) is 9.95. The normalized spacial score (nSPS) is 18.2. The molecule has 2 rings (SSSR count). The van der Waals surface area contributed by atoms with Gasteiger partial charge < -0.3 is 16.2 Å². The van der Waals surface area contributed by atoms with E-state index < -0.39 is 0 Å². The summed E-state index contributed by atoms with van der Waals surface area (Å²) in [7, 11) is 1.88. The number of nitrogens with two attached hydrogens (primary N) is 1. The summed E-state index contributed by atoms with van der Waals surface area (Å²) in [6, 6.07) is 0. The molecule has 1 aliphatic carbocycles. The molecular weight excluding hydrogens is 204 g/mol. The van der Waals surface area contributed by atoms with Crippen LogP contribution in [0.1, 0.15) is 31.9 Å². The van der Waals surface area contributed by atoms with Gasteiger partial charge in [0.1, 0.15) is 5.82 Å². The molecule has 0 saturated heterocycles. The topological polar surface area (TPSA) is 76.1 Å². The van der Waals surface area contributed by atoms with Crippen molar-refractivity contribution in [2.75, 3.05) is 17.7 Å². The second kappa shape index (κ2) is 3.97. The molecule has 16 heavy (non-hydrogen) atoms. The molecule has 1 saturated carbocycles. The number of nitrogen functional groups attached to an aromatic ring is 1. The van der Waals surface area contributed by atoms with E-state index in [0.717, 1.165) is 37.2 Å². The second-order valence-corrected chi connectivity index (χ2v) is 4.60. The molecule has 0 spiro atoms. The van der Waals surface area contributed by atoms with Crippen molar-refractivity contribution in [1.82, 2.24) is 9.78 Å². The molecule has 5 nitrogen and oxygen atoms in total. The summed E-state index contributed by atoms with van der Waals surface area (Å²) < 4.78 is 1.77.